The Kier molecular flexibility index (Phi) is 5.31. The first kappa shape index (κ1) is 14.4. The van der Waals surface area contributed by atoms with Crippen LogP contribution in [0.4, 0.5) is 0 Å². The standard InChI is InChI=1S/C15H25N3O/c1-3-14(16)15(12-4-8-17-9-5-12)18-10-6-13(19-2)7-11-18/h4-5,8-9,13-15H,3,6-7,10-11,16H2,1-2H3. The van der Waals surface area contributed by atoms with Gasteiger partial charge in [-0.2, -0.15) is 0 Å². The van der Waals surface area contributed by atoms with Gasteiger partial charge in [0.25, 0.3) is 0 Å². The minimum Gasteiger partial charge on any atom is -0.381 e. The molecule has 4 heteroatoms. The van der Waals surface area contributed by atoms with Crippen molar-refractivity contribution in [1.82, 2.24) is 9.88 Å². The molecule has 0 bridgehead atoms. The maximum atomic E-state index is 6.35. The summed E-state index contributed by atoms with van der Waals surface area (Å²) in [6, 6.07) is 4.64. The van der Waals surface area contributed by atoms with Gasteiger partial charge in [-0.1, -0.05) is 6.92 Å². The van der Waals surface area contributed by atoms with Gasteiger partial charge in [0.15, 0.2) is 0 Å². The molecule has 2 atom stereocenters. The highest BCUT2D eigenvalue weighted by Gasteiger charge is 2.29. The van der Waals surface area contributed by atoms with E-state index in [0.29, 0.717) is 12.1 Å². The van der Waals surface area contributed by atoms with Crippen LogP contribution in [0.1, 0.15) is 37.8 Å². The highest BCUT2D eigenvalue weighted by molar-refractivity contribution is 5.17. The SMILES string of the molecule is CCC(N)C(c1ccncc1)N1CCC(OC)CC1. The highest BCUT2D eigenvalue weighted by atomic mass is 16.5. The molecule has 0 aromatic carbocycles. The van der Waals surface area contributed by atoms with Crippen molar-refractivity contribution in [2.75, 3.05) is 20.2 Å². The molecule has 2 rings (SSSR count). The normalized spacial score (nSPS) is 21.2. The van der Waals surface area contributed by atoms with E-state index in [9.17, 15) is 0 Å². The van der Waals surface area contributed by atoms with E-state index in [1.807, 2.05) is 12.4 Å². The van der Waals surface area contributed by atoms with Crippen LogP contribution in [0.5, 0.6) is 0 Å². The molecule has 19 heavy (non-hydrogen) atoms. The Morgan fingerprint density at radius 1 is 1.37 bits per heavy atom. The van der Waals surface area contributed by atoms with Gasteiger partial charge in [-0.3, -0.25) is 9.88 Å². The minimum atomic E-state index is 0.168. The molecule has 1 saturated heterocycles. The zero-order chi connectivity index (χ0) is 13.7. The molecule has 1 aliphatic rings. The molecular weight excluding hydrogens is 238 g/mol. The molecule has 4 nitrogen and oxygen atoms in total. The summed E-state index contributed by atoms with van der Waals surface area (Å²) in [5, 5.41) is 0. The van der Waals surface area contributed by atoms with Gasteiger partial charge in [0.1, 0.15) is 0 Å². The van der Waals surface area contributed by atoms with Crippen LogP contribution in [-0.2, 0) is 4.74 Å². The predicted molar refractivity (Wildman–Crippen MR) is 76.8 cm³/mol. The lowest BCUT2D eigenvalue weighted by molar-refractivity contribution is 0.0222. The van der Waals surface area contributed by atoms with E-state index >= 15 is 0 Å². The number of aromatic nitrogens is 1. The van der Waals surface area contributed by atoms with Crippen LogP contribution < -0.4 is 5.73 Å². The molecule has 0 aliphatic carbocycles. The van der Waals surface area contributed by atoms with Crippen LogP contribution >= 0.6 is 0 Å². The van der Waals surface area contributed by atoms with Crippen molar-refractivity contribution in [2.45, 2.75) is 44.4 Å². The average Bonchev–Trinajstić information content (AvgIpc) is 2.49. The predicted octanol–water partition coefficient (Wildman–Crippen LogP) is 1.97. The van der Waals surface area contributed by atoms with Crippen molar-refractivity contribution >= 4 is 0 Å². The number of methoxy groups -OCH3 is 1. The summed E-state index contributed by atoms with van der Waals surface area (Å²) in [6.07, 6.45) is 7.28. The molecule has 1 aromatic rings. The second kappa shape index (κ2) is 6.98. The van der Waals surface area contributed by atoms with E-state index in [2.05, 4.69) is 28.9 Å². The van der Waals surface area contributed by atoms with Gasteiger partial charge in [0.05, 0.1) is 6.10 Å². The molecule has 106 valence electrons. The van der Waals surface area contributed by atoms with Gasteiger partial charge < -0.3 is 10.5 Å². The van der Waals surface area contributed by atoms with Crippen molar-refractivity contribution < 1.29 is 4.74 Å². The van der Waals surface area contributed by atoms with Crippen LogP contribution in [0.25, 0.3) is 0 Å². The molecule has 2 unspecified atom stereocenters. The second-order valence-corrected chi connectivity index (χ2v) is 5.27. The first-order valence-corrected chi connectivity index (χ1v) is 7.18. The number of rotatable bonds is 5. The number of hydrogen-bond acceptors (Lipinski definition) is 4. The van der Waals surface area contributed by atoms with Crippen molar-refractivity contribution in [2.24, 2.45) is 5.73 Å². The number of likely N-dealkylation sites (tertiary alicyclic amines) is 1. The third-order valence-corrected chi connectivity index (χ3v) is 4.13. The molecule has 2 N–H and O–H groups in total. The van der Waals surface area contributed by atoms with Gasteiger partial charge >= 0.3 is 0 Å². The zero-order valence-electron chi connectivity index (χ0n) is 12.0. The Morgan fingerprint density at radius 3 is 2.53 bits per heavy atom. The topological polar surface area (TPSA) is 51.4 Å². The summed E-state index contributed by atoms with van der Waals surface area (Å²) < 4.78 is 5.44. The Balaban J connectivity index is 2.11. The number of pyridine rings is 1. The maximum Gasteiger partial charge on any atom is 0.0595 e. The summed E-state index contributed by atoms with van der Waals surface area (Å²) in [5.41, 5.74) is 7.63. The molecule has 0 radical (unpaired) electrons. The van der Waals surface area contributed by atoms with Crippen LogP contribution in [0.15, 0.2) is 24.5 Å². The summed E-state index contributed by atoms with van der Waals surface area (Å²) in [6.45, 7) is 4.26. The number of piperidine rings is 1. The number of nitrogens with two attached hydrogens (primary N) is 1. The molecular formula is C15H25N3O. The largest absolute Gasteiger partial charge is 0.381 e. The lowest BCUT2D eigenvalue weighted by atomic mass is 9.94. The fourth-order valence-electron chi connectivity index (χ4n) is 2.90. The number of hydrogen-bond donors (Lipinski definition) is 1. The van der Waals surface area contributed by atoms with E-state index in [4.69, 9.17) is 10.5 Å². The first-order valence-electron chi connectivity index (χ1n) is 7.18. The van der Waals surface area contributed by atoms with Crippen LogP contribution in [0, 0.1) is 0 Å². The van der Waals surface area contributed by atoms with Crippen molar-refractivity contribution in [3.05, 3.63) is 30.1 Å². The summed E-state index contributed by atoms with van der Waals surface area (Å²) in [7, 11) is 1.80. The van der Waals surface area contributed by atoms with E-state index in [1.54, 1.807) is 7.11 Å². The van der Waals surface area contributed by atoms with Gasteiger partial charge in [-0.25, -0.2) is 0 Å². The molecule has 1 aliphatic heterocycles. The maximum absolute atomic E-state index is 6.35. The zero-order valence-corrected chi connectivity index (χ0v) is 12.0. The van der Waals surface area contributed by atoms with Gasteiger partial charge in [0.2, 0.25) is 0 Å². The smallest absolute Gasteiger partial charge is 0.0595 e. The molecule has 0 spiro atoms. The van der Waals surface area contributed by atoms with E-state index < -0.39 is 0 Å². The first-order chi connectivity index (χ1) is 9.26. The van der Waals surface area contributed by atoms with Gasteiger partial charge in [0, 0.05) is 44.7 Å². The summed E-state index contributed by atoms with van der Waals surface area (Å²) >= 11 is 0. The lowest BCUT2D eigenvalue weighted by Gasteiger charge is -2.39. The average molecular weight is 263 g/mol. The second-order valence-electron chi connectivity index (χ2n) is 5.27. The molecule has 0 saturated carbocycles. The third kappa shape index (κ3) is 3.53. The number of nitrogens with zero attached hydrogens (tertiary/aromatic N) is 2. The van der Waals surface area contributed by atoms with Crippen molar-refractivity contribution in [3.8, 4) is 0 Å². The molecule has 1 aromatic heterocycles. The summed E-state index contributed by atoms with van der Waals surface area (Å²) in [5.74, 6) is 0. The Morgan fingerprint density at radius 2 is 2.00 bits per heavy atom. The number of ether oxygens (including phenoxy) is 1. The van der Waals surface area contributed by atoms with E-state index in [0.717, 1.165) is 32.4 Å². The Bertz CT molecular complexity index is 363. The summed E-state index contributed by atoms with van der Waals surface area (Å²) in [4.78, 5) is 6.60. The molecule has 0 amide bonds. The molecule has 1 fully saturated rings. The van der Waals surface area contributed by atoms with Crippen LogP contribution in [0.2, 0.25) is 0 Å². The Labute approximate surface area is 116 Å². The van der Waals surface area contributed by atoms with Crippen LogP contribution in [-0.4, -0.2) is 42.2 Å². The monoisotopic (exact) mass is 263 g/mol. The van der Waals surface area contributed by atoms with Gasteiger partial charge in [-0.05, 0) is 37.0 Å². The molecule has 2 heterocycles. The van der Waals surface area contributed by atoms with Crippen LogP contribution in [0.3, 0.4) is 0 Å². The van der Waals surface area contributed by atoms with E-state index in [1.165, 1.54) is 5.56 Å². The highest BCUT2D eigenvalue weighted by Crippen LogP contribution is 2.28. The van der Waals surface area contributed by atoms with Crippen molar-refractivity contribution in [3.63, 3.8) is 0 Å². The fourth-order valence-corrected chi connectivity index (χ4v) is 2.90. The third-order valence-electron chi connectivity index (χ3n) is 4.13. The van der Waals surface area contributed by atoms with E-state index in [-0.39, 0.29) is 6.04 Å². The Hall–Kier alpha value is -0.970. The van der Waals surface area contributed by atoms with Crippen molar-refractivity contribution in [1.29, 1.82) is 0 Å². The van der Waals surface area contributed by atoms with Gasteiger partial charge in [-0.15, -0.1) is 0 Å². The minimum absolute atomic E-state index is 0.168. The quantitative estimate of drug-likeness (QED) is 0.882. The fraction of sp³-hybridized carbons (Fsp3) is 0.667. The lowest BCUT2D eigenvalue weighted by Crippen LogP contribution is -2.45.